The molecule has 0 atom stereocenters. The Morgan fingerprint density at radius 1 is 0.909 bits per heavy atom. The molecule has 0 N–H and O–H groups in total. The van der Waals surface area contributed by atoms with Crippen LogP contribution in [-0.4, -0.2) is 6.71 Å². The fourth-order valence-electron chi connectivity index (χ4n) is 1.34. The first kappa shape index (κ1) is 8.38. The van der Waals surface area contributed by atoms with Crippen molar-refractivity contribution in [3.63, 3.8) is 0 Å². The van der Waals surface area contributed by atoms with Crippen LogP contribution in [0.1, 0.15) is 11.1 Å². The van der Waals surface area contributed by atoms with E-state index in [0.29, 0.717) is 6.71 Å². The van der Waals surface area contributed by atoms with E-state index < -0.39 is 0 Å². The average molecular weight is 146 g/mol. The SMILES string of the molecule is CB(C)c1cc(C)cc(C)c1. The summed E-state index contributed by atoms with van der Waals surface area (Å²) in [5.41, 5.74) is 4.19. The van der Waals surface area contributed by atoms with Gasteiger partial charge in [-0.3, -0.25) is 0 Å². The molecule has 0 aliphatic rings. The summed E-state index contributed by atoms with van der Waals surface area (Å²) in [6, 6.07) is 6.74. The maximum atomic E-state index is 2.26. The third-order valence-corrected chi connectivity index (χ3v) is 1.91. The van der Waals surface area contributed by atoms with Gasteiger partial charge in [-0.2, -0.15) is 0 Å². The van der Waals surface area contributed by atoms with E-state index >= 15 is 0 Å². The summed E-state index contributed by atoms with van der Waals surface area (Å²) >= 11 is 0. The fraction of sp³-hybridized carbons (Fsp3) is 0.400. The van der Waals surface area contributed by atoms with Crippen LogP contribution >= 0.6 is 0 Å². The van der Waals surface area contributed by atoms with Gasteiger partial charge < -0.3 is 0 Å². The molecule has 0 aliphatic carbocycles. The lowest BCUT2D eigenvalue weighted by atomic mass is 9.49. The largest absolute Gasteiger partial charge is 0.169 e. The highest BCUT2D eigenvalue weighted by atomic mass is 13.9. The van der Waals surface area contributed by atoms with Crippen LogP contribution in [0.5, 0.6) is 0 Å². The molecular weight excluding hydrogens is 131 g/mol. The fourth-order valence-corrected chi connectivity index (χ4v) is 1.34. The molecule has 11 heavy (non-hydrogen) atoms. The van der Waals surface area contributed by atoms with Gasteiger partial charge in [0.2, 0.25) is 0 Å². The Morgan fingerprint density at radius 3 is 1.73 bits per heavy atom. The van der Waals surface area contributed by atoms with Gasteiger partial charge in [0.25, 0.3) is 0 Å². The van der Waals surface area contributed by atoms with E-state index in [1.807, 2.05) is 0 Å². The average Bonchev–Trinajstić information content (AvgIpc) is 1.85. The Labute approximate surface area is 69.7 Å². The summed E-state index contributed by atoms with van der Waals surface area (Å²) < 4.78 is 0. The van der Waals surface area contributed by atoms with Gasteiger partial charge >= 0.3 is 0 Å². The van der Waals surface area contributed by atoms with Crippen LogP contribution in [-0.2, 0) is 0 Å². The van der Waals surface area contributed by atoms with Crippen molar-refractivity contribution in [3.05, 3.63) is 29.3 Å². The topological polar surface area (TPSA) is 0 Å². The Morgan fingerprint density at radius 2 is 1.36 bits per heavy atom. The van der Waals surface area contributed by atoms with Crippen molar-refractivity contribution in [2.24, 2.45) is 0 Å². The van der Waals surface area contributed by atoms with E-state index in [1.54, 1.807) is 0 Å². The highest BCUT2D eigenvalue weighted by Gasteiger charge is 2.02. The predicted molar refractivity (Wildman–Crippen MR) is 53.0 cm³/mol. The molecule has 0 nitrogen and oxygen atoms in total. The molecule has 58 valence electrons. The van der Waals surface area contributed by atoms with Gasteiger partial charge in [0, 0.05) is 0 Å². The monoisotopic (exact) mass is 146 g/mol. The summed E-state index contributed by atoms with van der Waals surface area (Å²) in [7, 11) is 0. The van der Waals surface area contributed by atoms with Crippen molar-refractivity contribution >= 4 is 12.2 Å². The molecule has 0 saturated carbocycles. The molecule has 1 rings (SSSR count). The van der Waals surface area contributed by atoms with Gasteiger partial charge in [0.15, 0.2) is 6.71 Å². The maximum absolute atomic E-state index is 2.26. The van der Waals surface area contributed by atoms with Gasteiger partial charge in [-0.25, -0.2) is 0 Å². The molecule has 1 aromatic carbocycles. The lowest BCUT2D eigenvalue weighted by Gasteiger charge is -2.05. The van der Waals surface area contributed by atoms with Crippen molar-refractivity contribution in [1.82, 2.24) is 0 Å². The van der Waals surface area contributed by atoms with E-state index in [0.717, 1.165) is 0 Å². The maximum Gasteiger partial charge on any atom is 0.169 e. The Balaban J connectivity index is 3.08. The lowest BCUT2D eigenvalue weighted by molar-refractivity contribution is 1.40. The molecule has 0 bridgehead atoms. The highest BCUT2D eigenvalue weighted by molar-refractivity contribution is 6.70. The summed E-state index contributed by atoms with van der Waals surface area (Å²) in [6.45, 7) is 9.41. The Bertz CT molecular complexity index is 231. The normalized spacial score (nSPS) is 9.82. The lowest BCUT2D eigenvalue weighted by Crippen LogP contribution is -2.22. The number of hydrogen-bond acceptors (Lipinski definition) is 0. The number of aryl methyl sites for hydroxylation is 2. The van der Waals surface area contributed by atoms with Crippen LogP contribution in [0.4, 0.5) is 0 Å². The molecule has 0 heterocycles. The Hall–Kier alpha value is -0.715. The van der Waals surface area contributed by atoms with Gasteiger partial charge in [-0.1, -0.05) is 48.4 Å². The second kappa shape index (κ2) is 3.12. The zero-order chi connectivity index (χ0) is 8.43. The molecular formula is C10H15B. The smallest absolute Gasteiger partial charge is 0.0819 e. The molecule has 0 radical (unpaired) electrons. The second-order valence-electron chi connectivity index (χ2n) is 3.58. The second-order valence-corrected chi connectivity index (χ2v) is 3.58. The molecule has 0 fully saturated rings. The molecule has 0 amide bonds. The molecule has 1 aromatic rings. The van der Waals surface area contributed by atoms with Crippen LogP contribution in [0.3, 0.4) is 0 Å². The van der Waals surface area contributed by atoms with E-state index in [9.17, 15) is 0 Å². The zero-order valence-corrected chi connectivity index (χ0v) is 7.81. The highest BCUT2D eigenvalue weighted by Crippen LogP contribution is 2.01. The number of hydrogen-bond donors (Lipinski definition) is 0. The van der Waals surface area contributed by atoms with Gasteiger partial charge in [0.1, 0.15) is 0 Å². The van der Waals surface area contributed by atoms with Crippen LogP contribution in [0, 0.1) is 13.8 Å². The molecule has 0 aromatic heterocycles. The minimum absolute atomic E-state index is 0.647. The third-order valence-electron chi connectivity index (χ3n) is 1.91. The number of benzene rings is 1. The van der Waals surface area contributed by atoms with Gasteiger partial charge in [-0.15, -0.1) is 0 Å². The summed E-state index contributed by atoms with van der Waals surface area (Å²) in [5, 5.41) is 0. The first-order valence-electron chi connectivity index (χ1n) is 4.18. The zero-order valence-electron chi connectivity index (χ0n) is 7.81. The van der Waals surface area contributed by atoms with Gasteiger partial charge in [-0.05, 0) is 13.8 Å². The standard InChI is InChI=1S/C10H15B/c1-8-5-9(2)7-10(6-8)11(3)4/h5-7H,1-4H3. The Kier molecular flexibility index (Phi) is 2.38. The van der Waals surface area contributed by atoms with Gasteiger partial charge in [0.05, 0.1) is 0 Å². The molecule has 0 spiro atoms. The summed E-state index contributed by atoms with van der Waals surface area (Å²) in [4.78, 5) is 0. The predicted octanol–water partition coefficient (Wildman–Crippen LogP) is 2.26. The molecule has 1 heteroatoms. The first-order chi connectivity index (χ1) is 5.09. The number of rotatable bonds is 1. The van der Waals surface area contributed by atoms with Crippen LogP contribution in [0.15, 0.2) is 18.2 Å². The van der Waals surface area contributed by atoms with Crippen molar-refractivity contribution < 1.29 is 0 Å². The molecule has 0 aliphatic heterocycles. The van der Waals surface area contributed by atoms with E-state index in [2.05, 4.69) is 45.7 Å². The third kappa shape index (κ3) is 2.11. The van der Waals surface area contributed by atoms with Crippen molar-refractivity contribution in [2.45, 2.75) is 27.5 Å². The van der Waals surface area contributed by atoms with E-state index in [1.165, 1.54) is 16.6 Å². The van der Waals surface area contributed by atoms with E-state index in [4.69, 9.17) is 0 Å². The summed E-state index contributed by atoms with van der Waals surface area (Å²) in [5.74, 6) is 0. The molecule has 0 saturated heterocycles. The summed E-state index contributed by atoms with van der Waals surface area (Å²) in [6.07, 6.45) is 0. The minimum atomic E-state index is 0.647. The van der Waals surface area contributed by atoms with Crippen molar-refractivity contribution in [3.8, 4) is 0 Å². The first-order valence-corrected chi connectivity index (χ1v) is 4.18. The van der Waals surface area contributed by atoms with Crippen LogP contribution in [0.25, 0.3) is 0 Å². The van der Waals surface area contributed by atoms with E-state index in [-0.39, 0.29) is 0 Å². The van der Waals surface area contributed by atoms with Crippen LogP contribution < -0.4 is 5.46 Å². The van der Waals surface area contributed by atoms with Crippen LogP contribution in [0.2, 0.25) is 13.6 Å². The van der Waals surface area contributed by atoms with Crippen molar-refractivity contribution in [2.75, 3.05) is 0 Å². The molecule has 0 unspecified atom stereocenters. The minimum Gasteiger partial charge on any atom is -0.0819 e. The quantitative estimate of drug-likeness (QED) is 0.533. The van der Waals surface area contributed by atoms with Crippen molar-refractivity contribution in [1.29, 1.82) is 0 Å².